The predicted octanol–water partition coefficient (Wildman–Crippen LogP) is 3.99. The molecule has 2 rings (SSSR count). The average Bonchev–Trinajstić information content (AvgIpc) is 2.60. The summed E-state index contributed by atoms with van der Waals surface area (Å²) in [7, 11) is 3.22. The molecule has 0 spiro atoms. The first-order valence-corrected chi connectivity index (χ1v) is 7.85. The summed E-state index contributed by atoms with van der Waals surface area (Å²) in [5.41, 5.74) is 3.12. The first kappa shape index (κ1) is 20.6. The molecule has 0 saturated heterocycles. The predicted molar refractivity (Wildman–Crippen MR) is 102 cm³/mol. The summed E-state index contributed by atoms with van der Waals surface area (Å²) in [5.74, 6) is 1.43. The maximum Gasteiger partial charge on any atom is 0.315 e. The third-order valence-electron chi connectivity index (χ3n) is 3.82. The van der Waals surface area contributed by atoms with E-state index in [1.54, 1.807) is 14.2 Å². The van der Waals surface area contributed by atoms with E-state index in [9.17, 15) is 4.79 Å². The summed E-state index contributed by atoms with van der Waals surface area (Å²) in [4.78, 5) is 12.1. The lowest BCUT2D eigenvalue weighted by atomic mass is 10.1. The van der Waals surface area contributed by atoms with Crippen molar-refractivity contribution in [3.05, 3.63) is 59.2 Å². The van der Waals surface area contributed by atoms with Crippen LogP contribution in [0, 0.1) is 6.92 Å². The molecule has 0 aliphatic carbocycles. The van der Waals surface area contributed by atoms with E-state index in [0.29, 0.717) is 12.3 Å². The van der Waals surface area contributed by atoms with Gasteiger partial charge in [0.25, 0.3) is 0 Å². The molecule has 5 nitrogen and oxygen atoms in total. The molecule has 0 heterocycles. The van der Waals surface area contributed by atoms with Gasteiger partial charge in [-0.05, 0) is 37.6 Å². The molecule has 0 aliphatic rings. The highest BCUT2D eigenvalue weighted by Gasteiger charge is 2.15. The van der Waals surface area contributed by atoms with E-state index in [-0.39, 0.29) is 24.5 Å². The van der Waals surface area contributed by atoms with Gasteiger partial charge in [-0.15, -0.1) is 12.4 Å². The third-order valence-corrected chi connectivity index (χ3v) is 3.82. The molecule has 2 aromatic carbocycles. The van der Waals surface area contributed by atoms with Crippen molar-refractivity contribution >= 4 is 18.4 Å². The number of halogens is 1. The molecule has 2 amide bonds. The first-order valence-electron chi connectivity index (χ1n) is 7.85. The molecule has 0 fully saturated rings. The minimum absolute atomic E-state index is 0. The van der Waals surface area contributed by atoms with E-state index in [4.69, 9.17) is 9.47 Å². The summed E-state index contributed by atoms with van der Waals surface area (Å²) in [6, 6.07) is 13.1. The van der Waals surface area contributed by atoms with Gasteiger partial charge in [0, 0.05) is 12.1 Å². The Morgan fingerprint density at radius 2 is 1.76 bits per heavy atom. The van der Waals surface area contributed by atoms with E-state index < -0.39 is 0 Å². The largest absolute Gasteiger partial charge is 0.497 e. The van der Waals surface area contributed by atoms with Gasteiger partial charge in [0.2, 0.25) is 0 Å². The number of rotatable bonds is 6. The van der Waals surface area contributed by atoms with Crippen LogP contribution in [0.5, 0.6) is 11.5 Å². The second-order valence-corrected chi connectivity index (χ2v) is 5.64. The van der Waals surface area contributed by atoms with Crippen LogP contribution in [0.3, 0.4) is 0 Å². The minimum atomic E-state index is -0.229. The third kappa shape index (κ3) is 5.87. The fourth-order valence-corrected chi connectivity index (χ4v) is 2.39. The monoisotopic (exact) mass is 364 g/mol. The maximum atomic E-state index is 12.1. The summed E-state index contributed by atoms with van der Waals surface area (Å²) < 4.78 is 10.6. The molecule has 0 radical (unpaired) electrons. The maximum absolute atomic E-state index is 12.1. The van der Waals surface area contributed by atoms with Crippen LogP contribution >= 0.6 is 12.4 Å². The Morgan fingerprint density at radius 3 is 2.36 bits per heavy atom. The summed E-state index contributed by atoms with van der Waals surface area (Å²) >= 11 is 0. The van der Waals surface area contributed by atoms with E-state index in [0.717, 1.165) is 16.9 Å². The molecule has 0 aliphatic heterocycles. The van der Waals surface area contributed by atoms with Gasteiger partial charge in [-0.25, -0.2) is 4.79 Å². The zero-order valence-corrected chi connectivity index (χ0v) is 15.8. The Hall–Kier alpha value is -2.40. The Labute approximate surface area is 155 Å². The Bertz CT molecular complexity index is 690. The number of carbonyl (C=O) groups is 1. The lowest BCUT2D eigenvalue weighted by Crippen LogP contribution is -2.36. The summed E-state index contributed by atoms with van der Waals surface area (Å²) in [5, 5.41) is 5.78. The van der Waals surface area contributed by atoms with E-state index in [2.05, 4.69) is 10.6 Å². The molecular formula is C19H25ClN2O3. The normalized spacial score (nSPS) is 11.0. The highest BCUT2D eigenvalue weighted by molar-refractivity contribution is 5.85. The van der Waals surface area contributed by atoms with Crippen molar-refractivity contribution in [1.82, 2.24) is 10.6 Å². The number of ether oxygens (including phenoxy) is 2. The van der Waals surface area contributed by atoms with Gasteiger partial charge in [-0.1, -0.05) is 29.8 Å². The van der Waals surface area contributed by atoms with Crippen LogP contribution in [-0.4, -0.2) is 20.3 Å². The average molecular weight is 365 g/mol. The number of benzene rings is 2. The van der Waals surface area contributed by atoms with Gasteiger partial charge in [0.05, 0.1) is 20.3 Å². The molecule has 6 heteroatoms. The van der Waals surface area contributed by atoms with Gasteiger partial charge in [0.1, 0.15) is 11.5 Å². The number of hydrogen-bond donors (Lipinski definition) is 2. The van der Waals surface area contributed by atoms with E-state index in [1.165, 1.54) is 5.56 Å². The molecular weight excluding hydrogens is 340 g/mol. The number of aryl methyl sites for hydroxylation is 1. The Kier molecular flexibility index (Phi) is 8.08. The summed E-state index contributed by atoms with van der Waals surface area (Å²) in [6.45, 7) is 4.42. The van der Waals surface area contributed by atoms with Crippen molar-refractivity contribution in [3.63, 3.8) is 0 Å². The van der Waals surface area contributed by atoms with Crippen LogP contribution in [-0.2, 0) is 6.54 Å². The van der Waals surface area contributed by atoms with E-state index in [1.807, 2.05) is 56.3 Å². The first-order chi connectivity index (χ1) is 11.5. The Morgan fingerprint density at radius 1 is 1.08 bits per heavy atom. The van der Waals surface area contributed by atoms with Crippen molar-refractivity contribution in [2.75, 3.05) is 14.2 Å². The fraction of sp³-hybridized carbons (Fsp3) is 0.316. The van der Waals surface area contributed by atoms with Crippen LogP contribution in [0.25, 0.3) is 0 Å². The van der Waals surface area contributed by atoms with Crippen LogP contribution in [0.1, 0.15) is 29.7 Å². The molecule has 0 saturated carbocycles. The van der Waals surface area contributed by atoms with Crippen LogP contribution in [0.2, 0.25) is 0 Å². The van der Waals surface area contributed by atoms with Crippen LogP contribution in [0.4, 0.5) is 4.79 Å². The van der Waals surface area contributed by atoms with Crippen molar-refractivity contribution in [2.45, 2.75) is 26.4 Å². The molecule has 2 N–H and O–H groups in total. The zero-order chi connectivity index (χ0) is 17.5. The molecule has 1 atom stereocenters. The van der Waals surface area contributed by atoms with Crippen molar-refractivity contribution in [1.29, 1.82) is 0 Å². The number of hydrogen-bond acceptors (Lipinski definition) is 3. The summed E-state index contributed by atoms with van der Waals surface area (Å²) in [6.07, 6.45) is 0. The SMILES string of the molecule is COc1ccc(OC)c(C(C)NC(=O)NCc2ccc(C)cc2)c1.Cl. The van der Waals surface area contributed by atoms with Crippen molar-refractivity contribution in [2.24, 2.45) is 0 Å². The smallest absolute Gasteiger partial charge is 0.315 e. The molecule has 0 bridgehead atoms. The number of carbonyl (C=O) groups excluding carboxylic acids is 1. The van der Waals surface area contributed by atoms with E-state index >= 15 is 0 Å². The van der Waals surface area contributed by atoms with Gasteiger partial charge < -0.3 is 20.1 Å². The second-order valence-electron chi connectivity index (χ2n) is 5.64. The second kappa shape index (κ2) is 9.79. The standard InChI is InChI=1S/C19H24N2O3.ClH/c1-13-5-7-15(8-6-13)12-20-19(22)21-14(2)17-11-16(23-3)9-10-18(17)24-4;/h5-11,14H,12H2,1-4H3,(H2,20,21,22);1H. The van der Waals surface area contributed by atoms with Gasteiger partial charge >= 0.3 is 6.03 Å². The minimum Gasteiger partial charge on any atom is -0.497 e. The Balaban J connectivity index is 0.00000312. The highest BCUT2D eigenvalue weighted by Crippen LogP contribution is 2.29. The topological polar surface area (TPSA) is 59.6 Å². The molecule has 1 unspecified atom stereocenters. The molecule has 2 aromatic rings. The van der Waals surface area contributed by atoms with Crippen molar-refractivity contribution < 1.29 is 14.3 Å². The zero-order valence-electron chi connectivity index (χ0n) is 15.0. The van der Waals surface area contributed by atoms with Crippen LogP contribution < -0.4 is 20.1 Å². The van der Waals surface area contributed by atoms with Crippen molar-refractivity contribution in [3.8, 4) is 11.5 Å². The fourth-order valence-electron chi connectivity index (χ4n) is 2.39. The quantitative estimate of drug-likeness (QED) is 0.814. The number of amides is 2. The number of urea groups is 1. The highest BCUT2D eigenvalue weighted by atomic mass is 35.5. The number of nitrogens with one attached hydrogen (secondary N) is 2. The number of methoxy groups -OCH3 is 2. The molecule has 25 heavy (non-hydrogen) atoms. The molecule has 0 aromatic heterocycles. The van der Waals surface area contributed by atoms with Crippen LogP contribution in [0.15, 0.2) is 42.5 Å². The molecule has 136 valence electrons. The van der Waals surface area contributed by atoms with Gasteiger partial charge in [-0.3, -0.25) is 0 Å². The van der Waals surface area contributed by atoms with Gasteiger partial charge in [0.15, 0.2) is 0 Å². The lowest BCUT2D eigenvalue weighted by Gasteiger charge is -2.18. The van der Waals surface area contributed by atoms with Gasteiger partial charge in [-0.2, -0.15) is 0 Å². The lowest BCUT2D eigenvalue weighted by molar-refractivity contribution is 0.237.